The van der Waals surface area contributed by atoms with Crippen molar-refractivity contribution < 1.29 is 28.3 Å². The van der Waals surface area contributed by atoms with Crippen LogP contribution < -0.4 is 16.0 Å². The molecule has 2 rings (SSSR count). The number of furan rings is 1. The summed E-state index contributed by atoms with van der Waals surface area (Å²) in [5.74, 6) is 5.43. The molecule has 0 bridgehead atoms. The molecule has 0 unspecified atom stereocenters. The number of carbonyl (C=O) groups excluding carboxylic acids is 3. The fraction of sp³-hybridized carbons (Fsp3) is 0.400. The van der Waals surface area contributed by atoms with E-state index in [2.05, 4.69) is 27.8 Å². The zero-order valence-corrected chi connectivity index (χ0v) is 20.3. The van der Waals surface area contributed by atoms with E-state index < -0.39 is 29.3 Å². The Morgan fingerprint density at radius 3 is 2.03 bits per heavy atom. The molecule has 0 aliphatic carbocycles. The van der Waals surface area contributed by atoms with Gasteiger partial charge in [0.05, 0.1) is 6.54 Å². The van der Waals surface area contributed by atoms with E-state index in [4.69, 9.17) is 13.9 Å². The molecule has 9 nitrogen and oxygen atoms in total. The van der Waals surface area contributed by atoms with Crippen molar-refractivity contribution >= 4 is 23.8 Å². The Morgan fingerprint density at radius 1 is 0.853 bits per heavy atom. The number of ether oxygens (including phenoxy) is 2. The minimum absolute atomic E-state index is 0.0757. The monoisotopic (exact) mass is 469 g/mol. The van der Waals surface area contributed by atoms with Gasteiger partial charge in [0, 0.05) is 12.2 Å². The van der Waals surface area contributed by atoms with Crippen LogP contribution >= 0.6 is 0 Å². The molecule has 182 valence electrons. The Kier molecular flexibility index (Phi) is 8.73. The Morgan fingerprint density at radius 2 is 1.44 bits per heavy atom. The quantitative estimate of drug-likeness (QED) is 0.558. The summed E-state index contributed by atoms with van der Waals surface area (Å²) in [5.41, 5.74) is 0.265. The highest BCUT2D eigenvalue weighted by Gasteiger charge is 2.16. The molecular formula is C25H31N3O6. The molecule has 0 fully saturated rings. The first-order chi connectivity index (χ1) is 15.8. The van der Waals surface area contributed by atoms with E-state index in [0.29, 0.717) is 18.0 Å². The third-order valence-corrected chi connectivity index (χ3v) is 3.81. The summed E-state index contributed by atoms with van der Waals surface area (Å²) < 4.78 is 15.7. The molecule has 0 atom stereocenters. The van der Waals surface area contributed by atoms with Crippen LogP contribution in [0, 0.1) is 11.8 Å². The van der Waals surface area contributed by atoms with Crippen LogP contribution in [0.5, 0.6) is 0 Å². The van der Waals surface area contributed by atoms with Crippen LogP contribution in [0.3, 0.4) is 0 Å². The average molecular weight is 470 g/mol. The van der Waals surface area contributed by atoms with Crippen molar-refractivity contribution in [2.75, 3.05) is 11.9 Å². The van der Waals surface area contributed by atoms with E-state index in [9.17, 15) is 14.4 Å². The van der Waals surface area contributed by atoms with Gasteiger partial charge in [-0.05, 0) is 77.3 Å². The summed E-state index contributed by atoms with van der Waals surface area (Å²) in [6.07, 6.45) is -1.06. The number of alkyl carbamates (subject to hydrolysis) is 2. The lowest BCUT2D eigenvalue weighted by Gasteiger charge is -2.19. The fourth-order valence-corrected chi connectivity index (χ4v) is 2.48. The van der Waals surface area contributed by atoms with E-state index in [1.807, 2.05) is 0 Å². The number of benzene rings is 1. The van der Waals surface area contributed by atoms with Crippen molar-refractivity contribution in [2.45, 2.75) is 59.3 Å². The second kappa shape index (κ2) is 11.3. The van der Waals surface area contributed by atoms with Crippen LogP contribution in [0.1, 0.15) is 63.4 Å². The van der Waals surface area contributed by atoms with Gasteiger partial charge in [-0.15, -0.1) is 0 Å². The number of rotatable bonds is 5. The molecule has 0 radical (unpaired) electrons. The standard InChI is InChI=1S/C25H31N3O6/c1-24(2,3)33-22(30)26-15-7-8-19-13-14-20(32-19)21(29)28-18-11-9-17(10-12-18)16-27-23(31)34-25(4,5)6/h9-14H,15-16H2,1-6H3,(H,26,30)(H,27,31)(H,28,29). The van der Waals surface area contributed by atoms with Gasteiger partial charge in [0.1, 0.15) is 11.2 Å². The largest absolute Gasteiger partial charge is 0.444 e. The first-order valence-electron chi connectivity index (χ1n) is 10.7. The van der Waals surface area contributed by atoms with Crippen molar-refractivity contribution in [2.24, 2.45) is 0 Å². The van der Waals surface area contributed by atoms with Crippen LogP contribution in [0.4, 0.5) is 15.3 Å². The third-order valence-electron chi connectivity index (χ3n) is 3.81. The van der Waals surface area contributed by atoms with Gasteiger partial charge in [-0.1, -0.05) is 18.1 Å². The highest BCUT2D eigenvalue weighted by atomic mass is 16.6. The summed E-state index contributed by atoms with van der Waals surface area (Å²) in [5, 5.41) is 7.92. The number of anilines is 1. The van der Waals surface area contributed by atoms with E-state index >= 15 is 0 Å². The zero-order chi connectivity index (χ0) is 25.4. The van der Waals surface area contributed by atoms with Gasteiger partial charge in [-0.3, -0.25) is 4.79 Å². The summed E-state index contributed by atoms with van der Waals surface area (Å²) in [6, 6.07) is 10.1. The Bertz CT molecular complexity index is 1060. The molecular weight excluding hydrogens is 438 g/mol. The molecule has 0 aliphatic heterocycles. The number of carbonyl (C=O) groups is 3. The highest BCUT2D eigenvalue weighted by Crippen LogP contribution is 2.14. The predicted molar refractivity (Wildman–Crippen MR) is 127 cm³/mol. The first kappa shape index (κ1) is 26.3. The maximum atomic E-state index is 12.4. The number of nitrogens with one attached hydrogen (secondary N) is 3. The maximum Gasteiger partial charge on any atom is 0.408 e. The molecule has 1 heterocycles. The van der Waals surface area contributed by atoms with Crippen LogP contribution in [-0.4, -0.2) is 35.8 Å². The number of hydrogen-bond donors (Lipinski definition) is 3. The summed E-state index contributed by atoms with van der Waals surface area (Å²) in [4.78, 5) is 35.7. The lowest BCUT2D eigenvalue weighted by molar-refractivity contribution is 0.0516. The summed E-state index contributed by atoms with van der Waals surface area (Å²) >= 11 is 0. The fourth-order valence-electron chi connectivity index (χ4n) is 2.48. The van der Waals surface area contributed by atoms with Crippen LogP contribution in [-0.2, 0) is 16.0 Å². The minimum Gasteiger partial charge on any atom is -0.444 e. The van der Waals surface area contributed by atoms with Crippen molar-refractivity contribution in [1.29, 1.82) is 0 Å². The minimum atomic E-state index is -0.585. The zero-order valence-electron chi connectivity index (χ0n) is 20.3. The second-order valence-corrected chi connectivity index (χ2v) is 9.33. The first-order valence-corrected chi connectivity index (χ1v) is 10.7. The predicted octanol–water partition coefficient (Wildman–Crippen LogP) is 4.43. The Hall–Kier alpha value is -3.93. The molecule has 2 aromatic rings. The van der Waals surface area contributed by atoms with Gasteiger partial charge in [-0.2, -0.15) is 0 Å². The van der Waals surface area contributed by atoms with Crippen LogP contribution in [0.25, 0.3) is 0 Å². The SMILES string of the molecule is CC(C)(C)OC(=O)NCC#Cc1ccc(C(=O)Nc2ccc(CNC(=O)OC(C)(C)C)cc2)o1. The van der Waals surface area contributed by atoms with Gasteiger partial charge in [0.25, 0.3) is 5.91 Å². The molecule has 3 N–H and O–H groups in total. The molecule has 3 amide bonds. The third kappa shape index (κ3) is 10.1. The highest BCUT2D eigenvalue weighted by molar-refractivity contribution is 6.02. The normalized spacial score (nSPS) is 11.0. The molecule has 0 aliphatic rings. The lowest BCUT2D eigenvalue weighted by atomic mass is 10.2. The summed E-state index contributed by atoms with van der Waals surface area (Å²) in [6.45, 7) is 11.1. The molecule has 34 heavy (non-hydrogen) atoms. The Labute approximate surface area is 199 Å². The van der Waals surface area contributed by atoms with Crippen molar-refractivity contribution in [1.82, 2.24) is 10.6 Å². The molecule has 1 aromatic carbocycles. The van der Waals surface area contributed by atoms with E-state index in [0.717, 1.165) is 5.56 Å². The maximum absolute atomic E-state index is 12.4. The van der Waals surface area contributed by atoms with Crippen molar-refractivity contribution in [3.8, 4) is 11.8 Å². The van der Waals surface area contributed by atoms with Crippen molar-refractivity contribution in [3.63, 3.8) is 0 Å². The lowest BCUT2D eigenvalue weighted by Crippen LogP contribution is -2.32. The smallest absolute Gasteiger partial charge is 0.408 e. The summed E-state index contributed by atoms with van der Waals surface area (Å²) in [7, 11) is 0. The van der Waals surface area contributed by atoms with Gasteiger partial charge >= 0.3 is 12.2 Å². The van der Waals surface area contributed by atoms with E-state index in [1.54, 1.807) is 71.9 Å². The van der Waals surface area contributed by atoms with Crippen LogP contribution in [0.15, 0.2) is 40.8 Å². The van der Waals surface area contributed by atoms with E-state index in [-0.39, 0.29) is 12.3 Å². The average Bonchev–Trinajstić information content (AvgIpc) is 3.17. The van der Waals surface area contributed by atoms with E-state index in [1.165, 1.54) is 6.07 Å². The van der Waals surface area contributed by atoms with Crippen LogP contribution in [0.2, 0.25) is 0 Å². The molecule has 0 spiro atoms. The molecule has 0 saturated heterocycles. The number of amides is 3. The second-order valence-electron chi connectivity index (χ2n) is 9.33. The van der Waals surface area contributed by atoms with Gasteiger partial charge in [0.15, 0.2) is 11.5 Å². The van der Waals surface area contributed by atoms with Gasteiger partial charge in [0.2, 0.25) is 0 Å². The molecule has 0 saturated carbocycles. The Balaban J connectivity index is 1.82. The van der Waals surface area contributed by atoms with Crippen molar-refractivity contribution in [3.05, 3.63) is 53.5 Å². The molecule has 9 heteroatoms. The van der Waals surface area contributed by atoms with Gasteiger partial charge < -0.3 is 29.8 Å². The number of hydrogen-bond acceptors (Lipinski definition) is 6. The van der Waals surface area contributed by atoms with Gasteiger partial charge in [-0.25, -0.2) is 9.59 Å². The topological polar surface area (TPSA) is 119 Å². The molecule has 1 aromatic heterocycles.